The highest BCUT2D eigenvalue weighted by Crippen LogP contribution is 2.31. The Morgan fingerprint density at radius 2 is 2.11 bits per heavy atom. The third kappa shape index (κ3) is 2.41. The van der Waals surface area contributed by atoms with Gasteiger partial charge in [-0.25, -0.2) is 4.98 Å². The number of amides is 1. The number of primary amides is 1. The van der Waals surface area contributed by atoms with Crippen molar-refractivity contribution in [3.05, 3.63) is 48.2 Å². The van der Waals surface area contributed by atoms with E-state index < -0.39 is 5.91 Å². The van der Waals surface area contributed by atoms with Crippen LogP contribution in [0.1, 0.15) is 5.76 Å². The fourth-order valence-electron chi connectivity index (χ4n) is 1.70. The molecule has 0 fully saturated rings. The van der Waals surface area contributed by atoms with Crippen LogP contribution in [0.2, 0.25) is 0 Å². The van der Waals surface area contributed by atoms with Gasteiger partial charge < -0.3 is 10.2 Å². The number of rotatable bonds is 3. The van der Waals surface area contributed by atoms with Crippen molar-refractivity contribution in [1.82, 2.24) is 4.98 Å². The standard InChI is InChI=1S/C14H10N2O2S/c15-13(17)8-6-9-5-7-11(18-9)14-16-10-3-1-2-4-12(10)19-14/h1-8H,(H2,15,17)/b8-6-. The number of fused-ring (bicyclic) bond motifs is 1. The molecule has 5 heteroatoms. The summed E-state index contributed by atoms with van der Waals surface area (Å²) in [6.07, 6.45) is 2.81. The Hall–Kier alpha value is -2.40. The van der Waals surface area contributed by atoms with Gasteiger partial charge in [0.2, 0.25) is 5.91 Å². The van der Waals surface area contributed by atoms with Gasteiger partial charge in [-0.15, -0.1) is 11.3 Å². The van der Waals surface area contributed by atoms with E-state index in [1.807, 2.05) is 30.3 Å². The van der Waals surface area contributed by atoms with Gasteiger partial charge in [-0.3, -0.25) is 4.79 Å². The minimum Gasteiger partial charge on any atom is -0.454 e. The Labute approximate surface area is 113 Å². The number of furan rings is 1. The number of para-hydroxylation sites is 1. The van der Waals surface area contributed by atoms with Gasteiger partial charge in [0.1, 0.15) is 5.76 Å². The van der Waals surface area contributed by atoms with E-state index in [4.69, 9.17) is 10.2 Å². The van der Waals surface area contributed by atoms with Crippen LogP contribution >= 0.6 is 11.3 Å². The number of nitrogens with two attached hydrogens (primary N) is 1. The average molecular weight is 270 g/mol. The van der Waals surface area contributed by atoms with Gasteiger partial charge in [0.05, 0.1) is 10.2 Å². The fraction of sp³-hybridized carbons (Fsp3) is 0. The molecule has 1 amide bonds. The molecule has 0 saturated carbocycles. The Kier molecular flexibility index (Phi) is 2.89. The van der Waals surface area contributed by atoms with Crippen molar-refractivity contribution in [3.63, 3.8) is 0 Å². The highest BCUT2D eigenvalue weighted by Gasteiger charge is 2.09. The van der Waals surface area contributed by atoms with Crippen molar-refractivity contribution in [2.24, 2.45) is 5.73 Å². The molecule has 4 nitrogen and oxygen atoms in total. The zero-order chi connectivity index (χ0) is 13.2. The molecule has 1 aromatic carbocycles. The summed E-state index contributed by atoms with van der Waals surface area (Å²) in [7, 11) is 0. The van der Waals surface area contributed by atoms with Gasteiger partial charge in [0.15, 0.2) is 10.8 Å². The van der Waals surface area contributed by atoms with Gasteiger partial charge >= 0.3 is 0 Å². The maximum absolute atomic E-state index is 10.7. The Bertz CT molecular complexity index is 737. The lowest BCUT2D eigenvalue weighted by molar-refractivity contribution is -0.113. The van der Waals surface area contributed by atoms with Crippen molar-refractivity contribution in [2.45, 2.75) is 0 Å². The molecule has 3 aromatic rings. The highest BCUT2D eigenvalue weighted by atomic mass is 32.1. The highest BCUT2D eigenvalue weighted by molar-refractivity contribution is 7.21. The largest absolute Gasteiger partial charge is 0.454 e. The Morgan fingerprint density at radius 1 is 1.26 bits per heavy atom. The summed E-state index contributed by atoms with van der Waals surface area (Å²) in [6, 6.07) is 11.5. The predicted octanol–water partition coefficient (Wildman–Crippen LogP) is 3.05. The molecule has 19 heavy (non-hydrogen) atoms. The lowest BCUT2D eigenvalue weighted by atomic mass is 10.3. The van der Waals surface area contributed by atoms with Crippen LogP contribution in [-0.4, -0.2) is 10.9 Å². The normalized spacial score (nSPS) is 11.4. The smallest absolute Gasteiger partial charge is 0.241 e. The number of thiazole rings is 1. The number of hydrogen-bond acceptors (Lipinski definition) is 4. The molecule has 0 radical (unpaired) electrons. The molecule has 94 valence electrons. The Morgan fingerprint density at radius 3 is 2.89 bits per heavy atom. The molecular weight excluding hydrogens is 260 g/mol. The quantitative estimate of drug-likeness (QED) is 0.744. The van der Waals surface area contributed by atoms with E-state index in [9.17, 15) is 4.79 Å². The van der Waals surface area contributed by atoms with E-state index in [0.29, 0.717) is 11.5 Å². The van der Waals surface area contributed by atoms with Crippen LogP contribution in [-0.2, 0) is 4.79 Å². The van der Waals surface area contributed by atoms with E-state index >= 15 is 0 Å². The third-order valence-electron chi connectivity index (χ3n) is 2.54. The van der Waals surface area contributed by atoms with E-state index in [2.05, 4.69) is 4.98 Å². The molecule has 0 spiro atoms. The number of carbonyl (C=O) groups is 1. The lowest BCUT2D eigenvalue weighted by Crippen LogP contribution is -2.04. The van der Waals surface area contributed by atoms with Crippen molar-refractivity contribution < 1.29 is 9.21 Å². The van der Waals surface area contributed by atoms with Gasteiger partial charge in [-0.05, 0) is 30.3 Å². The molecule has 0 aliphatic carbocycles. The van der Waals surface area contributed by atoms with E-state index in [1.165, 1.54) is 6.08 Å². The number of benzene rings is 1. The minimum atomic E-state index is -0.502. The molecule has 2 heterocycles. The van der Waals surface area contributed by atoms with Crippen LogP contribution in [0, 0.1) is 0 Å². The summed E-state index contributed by atoms with van der Waals surface area (Å²) >= 11 is 1.57. The first-order chi connectivity index (χ1) is 9.22. The summed E-state index contributed by atoms with van der Waals surface area (Å²) in [6.45, 7) is 0. The topological polar surface area (TPSA) is 69.1 Å². The summed E-state index contributed by atoms with van der Waals surface area (Å²) in [5.74, 6) is 0.760. The summed E-state index contributed by atoms with van der Waals surface area (Å²) in [5, 5.41) is 0.819. The zero-order valence-electron chi connectivity index (χ0n) is 9.87. The van der Waals surface area contributed by atoms with E-state index in [0.717, 1.165) is 15.2 Å². The Balaban J connectivity index is 1.96. The second-order valence-electron chi connectivity index (χ2n) is 3.92. The molecule has 2 aromatic heterocycles. The molecule has 3 rings (SSSR count). The molecule has 0 atom stereocenters. The lowest BCUT2D eigenvalue weighted by Gasteiger charge is -1.87. The summed E-state index contributed by atoms with van der Waals surface area (Å²) in [4.78, 5) is 15.2. The van der Waals surface area contributed by atoms with E-state index in [1.54, 1.807) is 23.5 Å². The van der Waals surface area contributed by atoms with Crippen LogP contribution in [0.5, 0.6) is 0 Å². The molecule has 0 bridgehead atoms. The first-order valence-corrected chi connectivity index (χ1v) is 6.47. The average Bonchev–Trinajstić information content (AvgIpc) is 3.02. The molecule has 0 unspecified atom stereocenters. The molecule has 0 aliphatic heterocycles. The van der Waals surface area contributed by atoms with Gasteiger partial charge in [0, 0.05) is 6.08 Å². The number of aromatic nitrogens is 1. The van der Waals surface area contributed by atoms with Gasteiger partial charge in [-0.1, -0.05) is 12.1 Å². The molecular formula is C14H10N2O2S. The first kappa shape index (κ1) is 11.7. The van der Waals surface area contributed by atoms with Gasteiger partial charge in [-0.2, -0.15) is 0 Å². The van der Waals surface area contributed by atoms with Crippen LogP contribution < -0.4 is 5.73 Å². The van der Waals surface area contributed by atoms with E-state index in [-0.39, 0.29) is 0 Å². The predicted molar refractivity (Wildman–Crippen MR) is 75.6 cm³/mol. The maximum Gasteiger partial charge on any atom is 0.241 e. The second kappa shape index (κ2) is 4.70. The molecule has 2 N–H and O–H groups in total. The van der Waals surface area contributed by atoms with Crippen molar-refractivity contribution in [1.29, 1.82) is 0 Å². The number of hydrogen-bond donors (Lipinski definition) is 1. The number of carbonyl (C=O) groups excluding carboxylic acids is 1. The van der Waals surface area contributed by atoms with Crippen molar-refractivity contribution >= 4 is 33.5 Å². The van der Waals surface area contributed by atoms with Gasteiger partial charge in [0.25, 0.3) is 0 Å². The summed E-state index contributed by atoms with van der Waals surface area (Å²) < 4.78 is 6.72. The van der Waals surface area contributed by atoms with Crippen molar-refractivity contribution in [3.8, 4) is 10.8 Å². The second-order valence-corrected chi connectivity index (χ2v) is 4.96. The third-order valence-corrected chi connectivity index (χ3v) is 3.59. The zero-order valence-corrected chi connectivity index (χ0v) is 10.7. The SMILES string of the molecule is NC(=O)/C=C\c1ccc(-c2nc3ccccc3s2)o1. The van der Waals surface area contributed by atoms with Crippen LogP contribution in [0.25, 0.3) is 27.1 Å². The van der Waals surface area contributed by atoms with Crippen LogP contribution in [0.3, 0.4) is 0 Å². The monoisotopic (exact) mass is 270 g/mol. The minimum absolute atomic E-state index is 0.502. The van der Waals surface area contributed by atoms with Crippen LogP contribution in [0.15, 0.2) is 46.9 Å². The molecule has 0 aliphatic rings. The van der Waals surface area contributed by atoms with Crippen LogP contribution in [0.4, 0.5) is 0 Å². The summed E-state index contributed by atoms with van der Waals surface area (Å²) in [5.41, 5.74) is 5.98. The maximum atomic E-state index is 10.7. The molecule has 0 saturated heterocycles. The fourth-order valence-corrected chi connectivity index (χ4v) is 2.63. The number of nitrogens with zero attached hydrogens (tertiary/aromatic N) is 1. The first-order valence-electron chi connectivity index (χ1n) is 5.66. The van der Waals surface area contributed by atoms with Crippen molar-refractivity contribution in [2.75, 3.05) is 0 Å².